The summed E-state index contributed by atoms with van der Waals surface area (Å²) in [5.41, 5.74) is 4.68. The molecular formula is C24H23N3O2S2. The second-order valence-electron chi connectivity index (χ2n) is 7.05. The van der Waals surface area contributed by atoms with Crippen LogP contribution in [0.3, 0.4) is 0 Å². The molecule has 1 aromatic heterocycles. The van der Waals surface area contributed by atoms with Crippen LogP contribution in [0.2, 0.25) is 0 Å². The van der Waals surface area contributed by atoms with Crippen molar-refractivity contribution >= 4 is 40.3 Å². The second kappa shape index (κ2) is 9.08. The lowest BCUT2D eigenvalue weighted by molar-refractivity contribution is -0.121. The van der Waals surface area contributed by atoms with Crippen molar-refractivity contribution in [3.63, 3.8) is 0 Å². The number of nitrogens with zero attached hydrogens (tertiary/aromatic N) is 3. The first-order valence-electron chi connectivity index (χ1n) is 10.2. The van der Waals surface area contributed by atoms with E-state index in [0.29, 0.717) is 22.4 Å². The highest BCUT2D eigenvalue weighted by Gasteiger charge is 2.31. The number of carbonyl (C=O) groups is 1. The molecule has 0 unspecified atom stereocenters. The van der Waals surface area contributed by atoms with E-state index < -0.39 is 0 Å². The fourth-order valence-electron chi connectivity index (χ4n) is 3.49. The molecule has 7 heteroatoms. The smallest absolute Gasteiger partial charge is 0.266 e. The monoisotopic (exact) mass is 449 g/mol. The first kappa shape index (κ1) is 21.3. The van der Waals surface area contributed by atoms with E-state index in [1.807, 2.05) is 86.3 Å². The van der Waals surface area contributed by atoms with Crippen LogP contribution in [-0.2, 0) is 4.79 Å². The maximum atomic E-state index is 12.8. The molecule has 31 heavy (non-hydrogen) atoms. The quantitative estimate of drug-likeness (QED) is 0.369. The maximum absolute atomic E-state index is 12.8. The van der Waals surface area contributed by atoms with Crippen LogP contribution in [-0.4, -0.2) is 38.1 Å². The molecule has 1 fully saturated rings. The third-order valence-electron chi connectivity index (χ3n) is 5.00. The summed E-state index contributed by atoms with van der Waals surface area (Å²) < 4.78 is 8.07. The van der Waals surface area contributed by atoms with Gasteiger partial charge in [0.15, 0.2) is 0 Å². The molecule has 3 aromatic rings. The predicted octanol–water partition coefficient (Wildman–Crippen LogP) is 5.47. The number of hydrogen-bond acceptors (Lipinski definition) is 5. The van der Waals surface area contributed by atoms with Gasteiger partial charge in [0.1, 0.15) is 15.8 Å². The van der Waals surface area contributed by atoms with E-state index in [9.17, 15) is 4.79 Å². The molecule has 2 aromatic carbocycles. The Morgan fingerprint density at radius 2 is 1.94 bits per heavy atom. The van der Waals surface area contributed by atoms with Crippen LogP contribution in [0.1, 0.15) is 25.0 Å². The summed E-state index contributed by atoms with van der Waals surface area (Å²) in [7, 11) is 0. The van der Waals surface area contributed by atoms with E-state index in [0.717, 1.165) is 33.8 Å². The van der Waals surface area contributed by atoms with E-state index in [-0.39, 0.29) is 5.91 Å². The summed E-state index contributed by atoms with van der Waals surface area (Å²) in [4.78, 5) is 15.0. The Bertz CT molecular complexity index is 1170. The van der Waals surface area contributed by atoms with Gasteiger partial charge in [0.05, 0.1) is 17.2 Å². The normalized spacial score (nSPS) is 15.2. The van der Waals surface area contributed by atoms with Crippen LogP contribution in [0.25, 0.3) is 23.0 Å². The number of para-hydroxylation sites is 1. The number of amides is 1. The molecule has 0 saturated carbocycles. The van der Waals surface area contributed by atoms with Crippen LogP contribution in [0.15, 0.2) is 59.6 Å². The maximum Gasteiger partial charge on any atom is 0.266 e. The van der Waals surface area contributed by atoms with Crippen molar-refractivity contribution in [2.45, 2.75) is 20.8 Å². The fraction of sp³-hybridized carbons (Fsp3) is 0.208. The van der Waals surface area contributed by atoms with Gasteiger partial charge in [-0.25, -0.2) is 4.68 Å². The van der Waals surface area contributed by atoms with Gasteiger partial charge in [-0.05, 0) is 62.7 Å². The molecule has 1 amide bonds. The van der Waals surface area contributed by atoms with Gasteiger partial charge in [0.2, 0.25) is 0 Å². The molecule has 158 valence electrons. The third-order valence-corrected chi connectivity index (χ3v) is 6.38. The van der Waals surface area contributed by atoms with Crippen LogP contribution in [0.4, 0.5) is 0 Å². The van der Waals surface area contributed by atoms with Crippen molar-refractivity contribution < 1.29 is 9.53 Å². The lowest BCUT2D eigenvalue weighted by atomic mass is 10.0. The first-order valence-corrected chi connectivity index (χ1v) is 11.4. The van der Waals surface area contributed by atoms with E-state index in [4.69, 9.17) is 22.1 Å². The van der Waals surface area contributed by atoms with Gasteiger partial charge < -0.3 is 4.74 Å². The van der Waals surface area contributed by atoms with E-state index in [2.05, 4.69) is 0 Å². The zero-order chi connectivity index (χ0) is 22.0. The second-order valence-corrected chi connectivity index (χ2v) is 8.72. The predicted molar refractivity (Wildman–Crippen MR) is 130 cm³/mol. The summed E-state index contributed by atoms with van der Waals surface area (Å²) in [6.45, 7) is 7.12. The molecule has 1 aliphatic heterocycles. The third kappa shape index (κ3) is 4.29. The number of rotatable bonds is 6. The zero-order valence-electron chi connectivity index (χ0n) is 17.7. The molecule has 0 N–H and O–H groups in total. The van der Waals surface area contributed by atoms with Gasteiger partial charge in [-0.1, -0.05) is 42.2 Å². The summed E-state index contributed by atoms with van der Waals surface area (Å²) in [5, 5.41) is 4.88. The van der Waals surface area contributed by atoms with Crippen LogP contribution in [0, 0.1) is 6.92 Å². The summed E-state index contributed by atoms with van der Waals surface area (Å²) in [6.07, 6.45) is 3.85. The molecule has 2 heterocycles. The van der Waals surface area contributed by atoms with Crippen molar-refractivity contribution in [2.24, 2.45) is 0 Å². The number of carbonyl (C=O) groups excluding carboxylic acids is 1. The molecule has 0 atom stereocenters. The van der Waals surface area contributed by atoms with Gasteiger partial charge in [-0.3, -0.25) is 9.69 Å². The van der Waals surface area contributed by atoms with Crippen LogP contribution in [0.5, 0.6) is 5.75 Å². The zero-order valence-corrected chi connectivity index (χ0v) is 19.3. The van der Waals surface area contributed by atoms with Crippen molar-refractivity contribution in [1.29, 1.82) is 0 Å². The molecular weight excluding hydrogens is 426 g/mol. The number of aromatic nitrogens is 2. The lowest BCUT2D eigenvalue weighted by Gasteiger charge is -2.09. The standard InChI is InChI=1S/C24H23N3O2S2/c1-4-26-23(28)21(31-24(26)30)14-17-15-27(18-9-7-6-8-10-18)25-22(17)20-12-11-19(29-5-2)13-16(20)3/h6-15H,4-5H2,1-3H3/b21-14-. The van der Waals surface area contributed by atoms with Gasteiger partial charge in [0, 0.05) is 23.9 Å². The van der Waals surface area contributed by atoms with Gasteiger partial charge >= 0.3 is 0 Å². The van der Waals surface area contributed by atoms with Crippen molar-refractivity contribution in [3.05, 3.63) is 70.8 Å². The lowest BCUT2D eigenvalue weighted by Crippen LogP contribution is -2.27. The molecule has 0 bridgehead atoms. The molecule has 0 radical (unpaired) electrons. The summed E-state index contributed by atoms with van der Waals surface area (Å²) in [5.74, 6) is 0.774. The van der Waals surface area contributed by atoms with Crippen molar-refractivity contribution in [2.75, 3.05) is 13.2 Å². The highest BCUT2D eigenvalue weighted by molar-refractivity contribution is 8.26. The fourth-order valence-corrected chi connectivity index (χ4v) is 4.86. The Kier molecular flexibility index (Phi) is 6.25. The number of aryl methyl sites for hydroxylation is 1. The van der Waals surface area contributed by atoms with E-state index in [1.54, 1.807) is 4.90 Å². The number of thiocarbonyl (C=S) groups is 1. The molecule has 1 aliphatic rings. The average Bonchev–Trinajstić information content (AvgIpc) is 3.29. The summed E-state index contributed by atoms with van der Waals surface area (Å²) in [6, 6.07) is 15.9. The Labute approximate surface area is 191 Å². The number of ether oxygens (including phenoxy) is 1. The highest BCUT2D eigenvalue weighted by atomic mass is 32.2. The Morgan fingerprint density at radius 1 is 1.16 bits per heavy atom. The topological polar surface area (TPSA) is 47.4 Å². The van der Waals surface area contributed by atoms with Crippen LogP contribution < -0.4 is 4.74 Å². The Hall–Kier alpha value is -2.90. The van der Waals surface area contributed by atoms with Gasteiger partial charge in [-0.15, -0.1) is 0 Å². The minimum absolute atomic E-state index is 0.0562. The van der Waals surface area contributed by atoms with Crippen molar-refractivity contribution in [3.8, 4) is 22.7 Å². The number of likely N-dealkylation sites (N-methyl/N-ethyl adjacent to an activating group) is 1. The number of hydrogen-bond donors (Lipinski definition) is 0. The minimum Gasteiger partial charge on any atom is -0.494 e. The molecule has 0 spiro atoms. The van der Waals surface area contributed by atoms with Gasteiger partial charge in [-0.2, -0.15) is 5.10 Å². The molecule has 0 aliphatic carbocycles. The highest BCUT2D eigenvalue weighted by Crippen LogP contribution is 2.36. The van der Waals surface area contributed by atoms with Crippen LogP contribution >= 0.6 is 24.0 Å². The number of benzene rings is 2. The molecule has 4 rings (SSSR count). The minimum atomic E-state index is -0.0562. The van der Waals surface area contributed by atoms with E-state index in [1.165, 1.54) is 11.8 Å². The number of thioether (sulfide) groups is 1. The largest absolute Gasteiger partial charge is 0.494 e. The Balaban J connectivity index is 1.83. The van der Waals surface area contributed by atoms with Crippen molar-refractivity contribution in [1.82, 2.24) is 14.7 Å². The first-order chi connectivity index (χ1) is 15.0. The Morgan fingerprint density at radius 3 is 2.58 bits per heavy atom. The molecule has 5 nitrogen and oxygen atoms in total. The van der Waals surface area contributed by atoms with Gasteiger partial charge in [0.25, 0.3) is 5.91 Å². The summed E-state index contributed by atoms with van der Waals surface area (Å²) >= 11 is 6.71. The SMILES string of the molecule is CCOc1ccc(-c2nn(-c3ccccc3)cc2/C=C2\SC(=S)N(CC)C2=O)c(C)c1. The molecule has 1 saturated heterocycles. The van der Waals surface area contributed by atoms with E-state index >= 15 is 0 Å². The average molecular weight is 450 g/mol.